The smallest absolute Gasteiger partial charge is 0.326 e. The molecule has 0 aliphatic rings. The van der Waals surface area contributed by atoms with E-state index in [1.54, 1.807) is 23.5 Å². The molecule has 12 heteroatoms. The minimum atomic E-state index is -3.40. The van der Waals surface area contributed by atoms with Crippen LogP contribution in [0.15, 0.2) is 48.7 Å². The van der Waals surface area contributed by atoms with Gasteiger partial charge in [-0.3, -0.25) is 4.79 Å². The summed E-state index contributed by atoms with van der Waals surface area (Å²) in [6, 6.07) is 11.5. The van der Waals surface area contributed by atoms with Crippen LogP contribution in [0, 0.1) is 6.92 Å². The van der Waals surface area contributed by atoms with Gasteiger partial charge in [-0.1, -0.05) is 30.3 Å². The molecular weight excluding hydrogens is 578 g/mol. The number of thiazole rings is 1. The van der Waals surface area contributed by atoms with Crippen molar-refractivity contribution in [2.45, 2.75) is 45.6 Å². The zero-order valence-electron chi connectivity index (χ0n) is 24.6. The number of ether oxygens (including phenoxy) is 2. The van der Waals surface area contributed by atoms with Crippen molar-refractivity contribution in [2.24, 2.45) is 0 Å². The predicted octanol–water partition coefficient (Wildman–Crippen LogP) is 4.09. The summed E-state index contributed by atoms with van der Waals surface area (Å²) < 4.78 is 35.2. The number of nitrogens with one attached hydrogen (secondary N) is 1. The van der Waals surface area contributed by atoms with Gasteiger partial charge >= 0.3 is 5.97 Å². The number of nitrogens with zero attached hydrogens (tertiary/aromatic N) is 2. The van der Waals surface area contributed by atoms with Crippen molar-refractivity contribution < 1.29 is 32.6 Å². The normalized spacial score (nSPS) is 13.2. The second-order valence-electron chi connectivity index (χ2n) is 10.3. The van der Waals surface area contributed by atoms with E-state index >= 15 is 0 Å². The summed E-state index contributed by atoms with van der Waals surface area (Å²) >= 11 is 1.58. The van der Waals surface area contributed by atoms with E-state index in [0.717, 1.165) is 39.4 Å². The third kappa shape index (κ3) is 9.99. The summed E-state index contributed by atoms with van der Waals surface area (Å²) in [5.74, 6) is -2.26. The van der Waals surface area contributed by atoms with Crippen LogP contribution in [0.25, 0.3) is 11.1 Å². The van der Waals surface area contributed by atoms with E-state index in [4.69, 9.17) is 9.47 Å². The quantitative estimate of drug-likeness (QED) is 0.244. The molecule has 2 aromatic carbocycles. The SMILES string of the molecule is CCOC[C@@H](OCc1ccc(C(=O)N[C@@H](CCS(C)(=O)=O)C(=O)O)c(-c2ccccc2C)c1)c1cnc(CN(C)C)s1. The summed E-state index contributed by atoms with van der Waals surface area (Å²) in [7, 11) is 0.575. The first kappa shape index (κ1) is 33.3. The van der Waals surface area contributed by atoms with Crippen molar-refractivity contribution >= 4 is 33.1 Å². The Morgan fingerprint density at radius 2 is 1.88 bits per heavy atom. The molecular formula is C30H39N3O7S2. The second kappa shape index (κ2) is 15.4. The highest BCUT2D eigenvalue weighted by molar-refractivity contribution is 7.90. The molecule has 10 nitrogen and oxygen atoms in total. The number of carbonyl (C=O) groups excluding carboxylic acids is 1. The maximum absolute atomic E-state index is 13.4. The number of aliphatic carboxylic acids is 1. The van der Waals surface area contributed by atoms with Crippen LogP contribution in [0.4, 0.5) is 0 Å². The molecule has 3 aromatic rings. The largest absolute Gasteiger partial charge is 0.480 e. The molecule has 2 atom stereocenters. The van der Waals surface area contributed by atoms with Gasteiger partial charge in [0.05, 0.1) is 23.8 Å². The topological polar surface area (TPSA) is 135 Å². The maximum Gasteiger partial charge on any atom is 0.326 e. The lowest BCUT2D eigenvalue weighted by Gasteiger charge is -2.19. The highest BCUT2D eigenvalue weighted by Crippen LogP contribution is 2.30. The summed E-state index contributed by atoms with van der Waals surface area (Å²) in [4.78, 5) is 32.7. The lowest BCUT2D eigenvalue weighted by Crippen LogP contribution is -2.42. The summed E-state index contributed by atoms with van der Waals surface area (Å²) in [6.07, 6.45) is 2.29. The number of hydrogen-bond donors (Lipinski definition) is 2. The Labute approximate surface area is 251 Å². The first-order valence-corrected chi connectivity index (χ1v) is 16.4. The summed E-state index contributed by atoms with van der Waals surface area (Å²) in [6.45, 7) is 5.74. The Balaban J connectivity index is 1.89. The number of amides is 1. The third-order valence-corrected chi connectivity index (χ3v) is 8.46. The van der Waals surface area contributed by atoms with Gasteiger partial charge in [0, 0.05) is 31.2 Å². The lowest BCUT2D eigenvalue weighted by molar-refractivity contribution is -0.139. The number of sulfone groups is 1. The fourth-order valence-electron chi connectivity index (χ4n) is 4.25. The van der Waals surface area contributed by atoms with Gasteiger partial charge in [0.2, 0.25) is 0 Å². The van der Waals surface area contributed by atoms with E-state index in [1.165, 1.54) is 0 Å². The van der Waals surface area contributed by atoms with Gasteiger partial charge in [-0.05, 0) is 68.8 Å². The molecule has 1 heterocycles. The monoisotopic (exact) mass is 617 g/mol. The Morgan fingerprint density at radius 1 is 1.14 bits per heavy atom. The zero-order chi connectivity index (χ0) is 30.9. The molecule has 0 saturated heterocycles. The molecule has 0 unspecified atom stereocenters. The third-order valence-electron chi connectivity index (χ3n) is 6.41. The van der Waals surface area contributed by atoms with Crippen LogP contribution in [0.2, 0.25) is 0 Å². The fourth-order valence-corrected chi connectivity index (χ4v) is 5.99. The number of aryl methyl sites for hydroxylation is 1. The minimum absolute atomic E-state index is 0.236. The van der Waals surface area contributed by atoms with E-state index in [1.807, 2.05) is 64.5 Å². The molecule has 42 heavy (non-hydrogen) atoms. The minimum Gasteiger partial charge on any atom is -0.480 e. The highest BCUT2D eigenvalue weighted by atomic mass is 32.2. The predicted molar refractivity (Wildman–Crippen MR) is 163 cm³/mol. The van der Waals surface area contributed by atoms with Gasteiger partial charge < -0.3 is 24.8 Å². The van der Waals surface area contributed by atoms with Gasteiger partial charge in [-0.2, -0.15) is 0 Å². The first-order chi connectivity index (χ1) is 19.9. The summed E-state index contributed by atoms with van der Waals surface area (Å²) in [5.41, 5.74) is 3.46. The Bertz CT molecular complexity index is 1470. The van der Waals surface area contributed by atoms with E-state index in [0.29, 0.717) is 18.8 Å². The Morgan fingerprint density at radius 3 is 2.52 bits per heavy atom. The highest BCUT2D eigenvalue weighted by Gasteiger charge is 2.25. The lowest BCUT2D eigenvalue weighted by atomic mass is 9.93. The van der Waals surface area contributed by atoms with E-state index in [-0.39, 0.29) is 30.4 Å². The molecule has 0 radical (unpaired) electrons. The number of carboxylic acids is 1. The van der Waals surface area contributed by atoms with Crippen LogP contribution >= 0.6 is 11.3 Å². The van der Waals surface area contributed by atoms with Crippen molar-refractivity contribution in [3.8, 4) is 11.1 Å². The molecule has 0 bridgehead atoms. The van der Waals surface area contributed by atoms with Crippen LogP contribution in [-0.4, -0.2) is 80.6 Å². The second-order valence-corrected chi connectivity index (χ2v) is 13.7. The average molecular weight is 618 g/mol. The van der Waals surface area contributed by atoms with Gasteiger partial charge in [-0.15, -0.1) is 11.3 Å². The number of carbonyl (C=O) groups is 2. The molecule has 0 saturated carbocycles. The molecule has 3 rings (SSSR count). The number of carboxylic acid groups (broad SMARTS) is 1. The van der Waals surface area contributed by atoms with Crippen LogP contribution in [0.1, 0.15) is 50.8 Å². The fraction of sp³-hybridized carbons (Fsp3) is 0.433. The molecule has 1 aromatic heterocycles. The molecule has 0 aliphatic carbocycles. The van der Waals surface area contributed by atoms with Crippen LogP contribution in [0.5, 0.6) is 0 Å². The molecule has 0 fully saturated rings. The summed E-state index contributed by atoms with van der Waals surface area (Å²) in [5, 5.41) is 13.1. The number of rotatable bonds is 16. The Hall–Kier alpha value is -3.16. The van der Waals surface area contributed by atoms with E-state index < -0.39 is 27.8 Å². The molecule has 228 valence electrons. The van der Waals surface area contributed by atoms with E-state index in [2.05, 4.69) is 15.2 Å². The van der Waals surface area contributed by atoms with Gasteiger partial charge in [-0.25, -0.2) is 18.2 Å². The first-order valence-electron chi connectivity index (χ1n) is 13.6. The van der Waals surface area contributed by atoms with Crippen molar-refractivity contribution in [3.05, 3.63) is 75.2 Å². The van der Waals surface area contributed by atoms with Crippen LogP contribution in [0.3, 0.4) is 0 Å². The number of aromatic nitrogens is 1. The van der Waals surface area contributed by atoms with Gasteiger partial charge in [0.15, 0.2) is 0 Å². The van der Waals surface area contributed by atoms with Crippen molar-refractivity contribution in [1.82, 2.24) is 15.2 Å². The molecule has 0 aliphatic heterocycles. The number of benzene rings is 2. The standard InChI is InChI=1S/C30H39N3O7S2/c1-6-39-19-26(27-16-31-28(41-27)17-33(3)4)40-18-21-11-12-23(24(15-21)22-10-8-7-9-20(22)2)29(34)32-25(30(35)36)13-14-42(5,37)38/h7-12,15-16,25-26H,6,13-14,17-19H2,1-5H3,(H,32,34)(H,35,36)/t25-,26+/m0/s1. The van der Waals surface area contributed by atoms with Crippen molar-refractivity contribution in [1.29, 1.82) is 0 Å². The van der Waals surface area contributed by atoms with Gasteiger partial charge in [0.1, 0.15) is 27.0 Å². The Kier molecular flexibility index (Phi) is 12.2. The van der Waals surface area contributed by atoms with Crippen LogP contribution in [-0.2, 0) is 37.3 Å². The van der Waals surface area contributed by atoms with Crippen LogP contribution < -0.4 is 5.32 Å². The maximum atomic E-state index is 13.4. The van der Waals surface area contributed by atoms with Crippen molar-refractivity contribution in [2.75, 3.05) is 39.3 Å². The van der Waals surface area contributed by atoms with E-state index in [9.17, 15) is 23.1 Å². The molecule has 1 amide bonds. The molecule has 0 spiro atoms. The van der Waals surface area contributed by atoms with Gasteiger partial charge in [0.25, 0.3) is 5.91 Å². The average Bonchev–Trinajstić information content (AvgIpc) is 3.38. The number of hydrogen-bond acceptors (Lipinski definition) is 9. The zero-order valence-corrected chi connectivity index (χ0v) is 26.3. The van der Waals surface area contributed by atoms with Crippen molar-refractivity contribution in [3.63, 3.8) is 0 Å². The molecule has 2 N–H and O–H groups in total.